The highest BCUT2D eigenvalue weighted by Gasteiger charge is 2.24. The smallest absolute Gasteiger partial charge is 0.0666 e. The number of rotatable bonds is 6. The summed E-state index contributed by atoms with van der Waals surface area (Å²) in [4.78, 5) is 0. The van der Waals surface area contributed by atoms with E-state index in [9.17, 15) is 0 Å². The Morgan fingerprint density at radius 3 is 2.93 bits per heavy atom. The van der Waals surface area contributed by atoms with Gasteiger partial charge in [-0.3, -0.25) is 0 Å². The molecule has 0 aromatic rings. The Hall–Kier alpha value is 0.270. The molecular weight excluding hydrogens is 194 g/mol. The molecular formula is C11H23NOS. The van der Waals surface area contributed by atoms with E-state index in [1.807, 2.05) is 0 Å². The van der Waals surface area contributed by atoms with Gasteiger partial charge in [0.05, 0.1) is 6.10 Å². The van der Waals surface area contributed by atoms with Crippen molar-refractivity contribution in [1.29, 1.82) is 0 Å². The van der Waals surface area contributed by atoms with Gasteiger partial charge in [-0.2, -0.15) is 11.8 Å². The van der Waals surface area contributed by atoms with E-state index in [2.05, 4.69) is 37.8 Å². The number of hydrogen-bond acceptors (Lipinski definition) is 3. The predicted octanol–water partition coefficient (Wildman–Crippen LogP) is 2.29. The number of nitrogens with one attached hydrogen (secondary N) is 1. The first-order valence-electron chi connectivity index (χ1n) is 5.70. The summed E-state index contributed by atoms with van der Waals surface area (Å²) in [6.07, 6.45) is 2.97. The largest absolute Gasteiger partial charge is 0.377 e. The second kappa shape index (κ2) is 6.70. The second-order valence-electron chi connectivity index (χ2n) is 4.02. The molecule has 14 heavy (non-hydrogen) atoms. The lowest BCUT2D eigenvalue weighted by Gasteiger charge is -2.16. The molecule has 3 atom stereocenters. The van der Waals surface area contributed by atoms with Gasteiger partial charge in [-0.05, 0) is 39.0 Å². The Labute approximate surface area is 92.2 Å². The van der Waals surface area contributed by atoms with E-state index in [0.717, 1.165) is 18.4 Å². The molecule has 3 heteroatoms. The van der Waals surface area contributed by atoms with Crippen LogP contribution >= 0.6 is 11.8 Å². The van der Waals surface area contributed by atoms with Gasteiger partial charge in [0.1, 0.15) is 0 Å². The summed E-state index contributed by atoms with van der Waals surface area (Å²) in [5.74, 6) is 1.26. The van der Waals surface area contributed by atoms with Gasteiger partial charge >= 0.3 is 0 Å². The van der Waals surface area contributed by atoms with Crippen LogP contribution in [0.5, 0.6) is 0 Å². The first-order chi connectivity index (χ1) is 6.74. The van der Waals surface area contributed by atoms with Gasteiger partial charge in [0.15, 0.2) is 0 Å². The topological polar surface area (TPSA) is 21.3 Å². The molecule has 0 spiro atoms. The highest BCUT2D eigenvalue weighted by molar-refractivity contribution is 7.99. The Bertz CT molecular complexity index is 154. The molecule has 1 aliphatic heterocycles. The van der Waals surface area contributed by atoms with Crippen LogP contribution in [0.4, 0.5) is 0 Å². The molecule has 0 radical (unpaired) electrons. The maximum atomic E-state index is 5.53. The standard InChI is InChI=1S/C11H23NOS/c1-4-12-9(2)6-8-14-11-5-7-13-10(11)3/h9-12H,4-8H2,1-3H3. The Morgan fingerprint density at radius 2 is 2.36 bits per heavy atom. The van der Waals surface area contributed by atoms with Crippen molar-refractivity contribution < 1.29 is 4.74 Å². The van der Waals surface area contributed by atoms with E-state index >= 15 is 0 Å². The third-order valence-corrected chi connectivity index (χ3v) is 4.26. The van der Waals surface area contributed by atoms with Gasteiger partial charge in [-0.15, -0.1) is 0 Å². The highest BCUT2D eigenvalue weighted by Crippen LogP contribution is 2.26. The molecule has 1 fully saturated rings. The molecule has 0 aromatic carbocycles. The molecule has 1 heterocycles. The lowest BCUT2D eigenvalue weighted by Crippen LogP contribution is -2.26. The minimum absolute atomic E-state index is 0.467. The SMILES string of the molecule is CCNC(C)CCSC1CCOC1C. The quantitative estimate of drug-likeness (QED) is 0.737. The molecule has 1 N–H and O–H groups in total. The van der Waals surface area contributed by atoms with Crippen molar-refractivity contribution >= 4 is 11.8 Å². The predicted molar refractivity (Wildman–Crippen MR) is 64.0 cm³/mol. The van der Waals surface area contributed by atoms with Crippen LogP contribution in [0, 0.1) is 0 Å². The highest BCUT2D eigenvalue weighted by atomic mass is 32.2. The molecule has 0 amide bonds. The summed E-state index contributed by atoms with van der Waals surface area (Å²) in [5, 5.41) is 4.18. The lowest BCUT2D eigenvalue weighted by molar-refractivity contribution is 0.127. The number of hydrogen-bond donors (Lipinski definition) is 1. The van der Waals surface area contributed by atoms with Gasteiger partial charge in [-0.25, -0.2) is 0 Å². The maximum absolute atomic E-state index is 5.53. The molecule has 2 nitrogen and oxygen atoms in total. The molecule has 0 aromatic heterocycles. The van der Waals surface area contributed by atoms with Crippen molar-refractivity contribution in [2.24, 2.45) is 0 Å². The summed E-state index contributed by atoms with van der Waals surface area (Å²) in [6, 6.07) is 0.658. The normalized spacial score (nSPS) is 29.4. The van der Waals surface area contributed by atoms with E-state index in [4.69, 9.17) is 4.74 Å². The van der Waals surface area contributed by atoms with Gasteiger partial charge in [0, 0.05) is 17.9 Å². The molecule has 1 aliphatic rings. The molecule has 84 valence electrons. The van der Waals surface area contributed by atoms with Crippen LogP contribution < -0.4 is 5.32 Å². The monoisotopic (exact) mass is 217 g/mol. The van der Waals surface area contributed by atoms with Gasteiger partial charge < -0.3 is 10.1 Å². The average Bonchev–Trinajstić information content (AvgIpc) is 2.52. The van der Waals surface area contributed by atoms with Crippen molar-refractivity contribution in [3.63, 3.8) is 0 Å². The van der Waals surface area contributed by atoms with Crippen LogP contribution in [0.3, 0.4) is 0 Å². The number of ether oxygens (including phenoxy) is 1. The minimum Gasteiger partial charge on any atom is -0.377 e. The molecule has 0 saturated carbocycles. The van der Waals surface area contributed by atoms with Crippen molar-refractivity contribution in [1.82, 2.24) is 5.32 Å². The zero-order valence-electron chi connectivity index (χ0n) is 9.58. The van der Waals surface area contributed by atoms with Gasteiger partial charge in [-0.1, -0.05) is 6.92 Å². The van der Waals surface area contributed by atoms with Crippen LogP contribution in [-0.4, -0.2) is 36.3 Å². The van der Waals surface area contributed by atoms with E-state index in [1.54, 1.807) is 0 Å². The van der Waals surface area contributed by atoms with Crippen molar-refractivity contribution in [3.05, 3.63) is 0 Å². The Morgan fingerprint density at radius 1 is 1.57 bits per heavy atom. The minimum atomic E-state index is 0.467. The van der Waals surface area contributed by atoms with Crippen molar-refractivity contribution in [2.45, 2.75) is 51.0 Å². The zero-order chi connectivity index (χ0) is 10.4. The first-order valence-corrected chi connectivity index (χ1v) is 6.75. The summed E-state index contributed by atoms with van der Waals surface area (Å²) in [6.45, 7) is 8.66. The average molecular weight is 217 g/mol. The van der Waals surface area contributed by atoms with Gasteiger partial charge in [0.25, 0.3) is 0 Å². The van der Waals surface area contributed by atoms with E-state index < -0.39 is 0 Å². The zero-order valence-corrected chi connectivity index (χ0v) is 10.4. The second-order valence-corrected chi connectivity index (χ2v) is 5.37. The van der Waals surface area contributed by atoms with Crippen LogP contribution in [0.1, 0.15) is 33.6 Å². The molecule has 3 unspecified atom stereocenters. The third-order valence-electron chi connectivity index (χ3n) is 2.74. The van der Waals surface area contributed by atoms with Crippen molar-refractivity contribution in [3.8, 4) is 0 Å². The van der Waals surface area contributed by atoms with Crippen LogP contribution in [0.15, 0.2) is 0 Å². The fraction of sp³-hybridized carbons (Fsp3) is 1.00. The summed E-state index contributed by atoms with van der Waals surface area (Å²) >= 11 is 2.08. The van der Waals surface area contributed by atoms with E-state index in [0.29, 0.717) is 12.1 Å². The molecule has 0 aliphatic carbocycles. The maximum Gasteiger partial charge on any atom is 0.0666 e. The molecule has 1 rings (SSSR count). The van der Waals surface area contributed by atoms with E-state index in [1.165, 1.54) is 18.6 Å². The summed E-state index contributed by atoms with van der Waals surface area (Å²) < 4.78 is 5.53. The Kier molecular flexibility index (Phi) is 5.90. The van der Waals surface area contributed by atoms with Crippen LogP contribution in [0.25, 0.3) is 0 Å². The molecule has 0 bridgehead atoms. The lowest BCUT2D eigenvalue weighted by atomic mass is 10.2. The van der Waals surface area contributed by atoms with Crippen LogP contribution in [0.2, 0.25) is 0 Å². The summed E-state index contributed by atoms with van der Waals surface area (Å²) in [7, 11) is 0. The van der Waals surface area contributed by atoms with E-state index in [-0.39, 0.29) is 0 Å². The number of thioether (sulfide) groups is 1. The Balaban J connectivity index is 2.03. The summed E-state index contributed by atoms with van der Waals surface area (Å²) in [5.41, 5.74) is 0. The van der Waals surface area contributed by atoms with Gasteiger partial charge in [0.2, 0.25) is 0 Å². The van der Waals surface area contributed by atoms with Crippen molar-refractivity contribution in [2.75, 3.05) is 18.9 Å². The molecule has 1 saturated heterocycles. The third kappa shape index (κ3) is 4.20. The first kappa shape index (κ1) is 12.3. The fourth-order valence-corrected chi connectivity index (χ4v) is 3.18. The van der Waals surface area contributed by atoms with Crippen LogP contribution in [-0.2, 0) is 4.74 Å². The fourth-order valence-electron chi connectivity index (χ4n) is 1.78.